The number of hydrogen-bond donors (Lipinski definition) is 2. The predicted molar refractivity (Wildman–Crippen MR) is 151 cm³/mol. The van der Waals surface area contributed by atoms with Crippen LogP contribution in [0.15, 0.2) is 48.7 Å². The van der Waals surface area contributed by atoms with E-state index in [1.54, 1.807) is 0 Å². The fourth-order valence-corrected chi connectivity index (χ4v) is 6.01. The lowest BCUT2D eigenvalue weighted by molar-refractivity contribution is -0.143. The number of hydrogen-bond acceptors (Lipinski definition) is 6. The largest absolute Gasteiger partial charge is 0.416 e. The van der Waals surface area contributed by atoms with Crippen molar-refractivity contribution in [3.05, 3.63) is 82.3 Å². The molecule has 2 aliphatic heterocycles. The topological polar surface area (TPSA) is 93.4 Å². The van der Waals surface area contributed by atoms with Crippen molar-refractivity contribution in [2.75, 3.05) is 45.9 Å². The smallest absolute Gasteiger partial charge is 0.379 e. The van der Waals surface area contributed by atoms with Gasteiger partial charge in [-0.3, -0.25) is 14.6 Å². The summed E-state index contributed by atoms with van der Waals surface area (Å²) in [5, 5.41) is 12.3. The zero-order valence-electron chi connectivity index (χ0n) is 24.1. The molecule has 1 amide bonds. The number of aromatic nitrogens is 4. The number of para-hydroxylation sites is 1. The molecular weight excluding hydrogens is 604 g/mol. The molecule has 6 rings (SSSR count). The molecular formula is C30H31F6N7O2. The second kappa shape index (κ2) is 12.4. The highest BCUT2D eigenvalue weighted by Crippen LogP contribution is 2.37. The number of amides is 1. The summed E-state index contributed by atoms with van der Waals surface area (Å²) in [6.07, 6.45) is -7.98. The van der Waals surface area contributed by atoms with Crippen molar-refractivity contribution in [2.45, 2.75) is 37.9 Å². The van der Waals surface area contributed by atoms with E-state index in [-0.39, 0.29) is 12.6 Å². The van der Waals surface area contributed by atoms with Gasteiger partial charge in [0, 0.05) is 74.5 Å². The Morgan fingerprint density at radius 1 is 0.867 bits per heavy atom. The summed E-state index contributed by atoms with van der Waals surface area (Å²) in [5.41, 5.74) is -0.422. The Kier molecular flexibility index (Phi) is 8.59. The quantitative estimate of drug-likeness (QED) is 0.286. The van der Waals surface area contributed by atoms with Crippen molar-refractivity contribution in [2.24, 2.45) is 0 Å². The third-order valence-electron chi connectivity index (χ3n) is 8.35. The molecule has 0 saturated carbocycles. The molecule has 0 spiro atoms. The van der Waals surface area contributed by atoms with Gasteiger partial charge in [-0.05, 0) is 36.2 Å². The number of halogens is 6. The highest BCUT2D eigenvalue weighted by molar-refractivity contribution is 5.95. The maximum absolute atomic E-state index is 13.8. The van der Waals surface area contributed by atoms with Gasteiger partial charge in [-0.15, -0.1) is 0 Å². The number of benzene rings is 2. The van der Waals surface area contributed by atoms with Crippen LogP contribution < -0.4 is 0 Å². The molecule has 2 N–H and O–H groups in total. The van der Waals surface area contributed by atoms with E-state index in [0.29, 0.717) is 57.9 Å². The average Bonchev–Trinajstić information content (AvgIpc) is 3.63. The standard InChI is InChI=1S/C30H31F6N7O2/c31-29(32,33)21-11-19(12-22(14-21)30(34,35)36)28(44)43-6-5-42(16-23(43)13-20-15-37-25-4-2-1-3-24(20)25)18-27-26(38-40-39-27)17-41-7-9-45-10-8-41/h1-4,11-12,14-15,23,37H,5-10,13,16-18H2,(H,38,39,40)/t23-/m1/s1. The molecule has 45 heavy (non-hydrogen) atoms. The SMILES string of the molecule is O=C(c1cc(C(F)(F)F)cc(C(F)(F)F)c1)N1CCN(Cc2n[nH]nc2CN2CCOCC2)C[C@H]1Cc1c[nH]c2ccccc12. The Bertz CT molecular complexity index is 1610. The molecule has 0 unspecified atom stereocenters. The van der Waals surface area contributed by atoms with Crippen molar-refractivity contribution in [3.8, 4) is 0 Å². The Labute approximate surface area is 254 Å². The van der Waals surface area contributed by atoms with Gasteiger partial charge >= 0.3 is 12.4 Å². The molecule has 2 aromatic carbocycles. The molecule has 0 bridgehead atoms. The molecule has 240 valence electrons. The van der Waals surface area contributed by atoms with E-state index in [1.807, 2.05) is 30.5 Å². The summed E-state index contributed by atoms with van der Waals surface area (Å²) < 4.78 is 87.1. The van der Waals surface area contributed by atoms with Gasteiger partial charge in [0.1, 0.15) is 11.4 Å². The maximum atomic E-state index is 13.8. The van der Waals surface area contributed by atoms with Crippen LogP contribution in [0.4, 0.5) is 26.3 Å². The number of morpholine rings is 1. The minimum atomic E-state index is -5.06. The van der Waals surface area contributed by atoms with Crippen molar-refractivity contribution in [1.82, 2.24) is 35.1 Å². The van der Waals surface area contributed by atoms with Gasteiger partial charge in [0.05, 0.1) is 24.3 Å². The minimum Gasteiger partial charge on any atom is -0.379 e. The molecule has 1 atom stereocenters. The van der Waals surface area contributed by atoms with Gasteiger partial charge in [0.2, 0.25) is 0 Å². The van der Waals surface area contributed by atoms with Gasteiger partial charge in [-0.1, -0.05) is 18.2 Å². The number of carbonyl (C=O) groups is 1. The predicted octanol–water partition coefficient (Wildman–Crippen LogP) is 4.73. The summed E-state index contributed by atoms with van der Waals surface area (Å²) in [6, 6.07) is 8.05. The van der Waals surface area contributed by atoms with Crippen molar-refractivity contribution < 1.29 is 35.9 Å². The van der Waals surface area contributed by atoms with Crippen LogP contribution in [0.5, 0.6) is 0 Å². The van der Waals surface area contributed by atoms with Crippen molar-refractivity contribution in [3.63, 3.8) is 0 Å². The van der Waals surface area contributed by atoms with Crippen LogP contribution in [-0.2, 0) is 36.6 Å². The summed E-state index contributed by atoms with van der Waals surface area (Å²) >= 11 is 0. The first kappa shape index (κ1) is 31.0. The number of piperazine rings is 1. The number of carbonyl (C=O) groups excluding carboxylic acids is 1. The maximum Gasteiger partial charge on any atom is 0.416 e. The number of aromatic amines is 2. The van der Waals surface area contributed by atoms with E-state index in [2.05, 4.69) is 30.2 Å². The summed E-state index contributed by atoms with van der Waals surface area (Å²) in [5.74, 6) is -0.884. The van der Waals surface area contributed by atoms with Crippen LogP contribution in [-0.4, -0.2) is 93.0 Å². The van der Waals surface area contributed by atoms with Crippen LogP contribution in [0.25, 0.3) is 10.9 Å². The Hall–Kier alpha value is -3.95. The van der Waals surface area contributed by atoms with Gasteiger partial charge in [0.25, 0.3) is 5.91 Å². The molecule has 4 aromatic rings. The van der Waals surface area contributed by atoms with E-state index >= 15 is 0 Å². The second-order valence-corrected chi connectivity index (χ2v) is 11.4. The number of H-pyrrole nitrogens is 2. The normalized spacial score (nSPS) is 19.0. The molecule has 2 fully saturated rings. The lowest BCUT2D eigenvalue weighted by atomic mass is 9.98. The van der Waals surface area contributed by atoms with Crippen LogP contribution in [0.3, 0.4) is 0 Å². The lowest BCUT2D eigenvalue weighted by Crippen LogP contribution is -2.55. The average molecular weight is 636 g/mol. The van der Waals surface area contributed by atoms with Crippen LogP contribution >= 0.6 is 0 Å². The third-order valence-corrected chi connectivity index (χ3v) is 8.35. The molecule has 4 heterocycles. The Morgan fingerprint density at radius 3 is 2.18 bits per heavy atom. The number of ether oxygens (including phenoxy) is 1. The minimum absolute atomic E-state index is 0.0323. The molecule has 0 aliphatic carbocycles. The molecule has 2 aromatic heterocycles. The zero-order valence-corrected chi connectivity index (χ0v) is 24.1. The summed E-state index contributed by atoms with van der Waals surface area (Å²) in [7, 11) is 0. The monoisotopic (exact) mass is 635 g/mol. The summed E-state index contributed by atoms with van der Waals surface area (Å²) in [6.45, 7) is 4.56. The van der Waals surface area contributed by atoms with E-state index < -0.39 is 41.0 Å². The van der Waals surface area contributed by atoms with E-state index in [0.717, 1.165) is 40.9 Å². The zero-order chi connectivity index (χ0) is 31.8. The van der Waals surface area contributed by atoms with Gasteiger partial charge in [-0.2, -0.15) is 41.8 Å². The Morgan fingerprint density at radius 2 is 1.51 bits per heavy atom. The Balaban J connectivity index is 1.28. The number of fused-ring (bicyclic) bond motifs is 1. The number of alkyl halides is 6. The highest BCUT2D eigenvalue weighted by atomic mass is 19.4. The molecule has 2 saturated heterocycles. The van der Waals surface area contributed by atoms with Crippen molar-refractivity contribution >= 4 is 16.8 Å². The van der Waals surface area contributed by atoms with Crippen molar-refractivity contribution in [1.29, 1.82) is 0 Å². The first-order valence-corrected chi connectivity index (χ1v) is 14.5. The first-order valence-electron chi connectivity index (χ1n) is 14.5. The van der Waals surface area contributed by atoms with Gasteiger partial charge < -0.3 is 14.6 Å². The van der Waals surface area contributed by atoms with Crippen LogP contribution in [0.1, 0.15) is 38.4 Å². The lowest BCUT2D eigenvalue weighted by Gasteiger charge is -2.41. The first-order chi connectivity index (χ1) is 21.5. The fraction of sp³-hybridized carbons (Fsp3) is 0.433. The molecule has 9 nitrogen and oxygen atoms in total. The molecule has 2 aliphatic rings. The number of rotatable bonds is 7. The van der Waals surface area contributed by atoms with E-state index in [4.69, 9.17) is 4.74 Å². The molecule has 15 heteroatoms. The number of nitrogens with zero attached hydrogens (tertiary/aromatic N) is 5. The second-order valence-electron chi connectivity index (χ2n) is 11.4. The van der Waals surface area contributed by atoms with Crippen LogP contribution in [0.2, 0.25) is 0 Å². The van der Waals surface area contributed by atoms with E-state index in [9.17, 15) is 31.1 Å². The fourth-order valence-electron chi connectivity index (χ4n) is 6.01. The summed E-state index contributed by atoms with van der Waals surface area (Å²) in [4.78, 5) is 22.7. The molecule has 0 radical (unpaired) electrons. The highest BCUT2D eigenvalue weighted by Gasteiger charge is 2.39. The van der Waals surface area contributed by atoms with Gasteiger partial charge in [0.15, 0.2) is 0 Å². The van der Waals surface area contributed by atoms with E-state index in [1.165, 1.54) is 4.90 Å². The van der Waals surface area contributed by atoms with Crippen LogP contribution in [0, 0.1) is 0 Å². The number of nitrogens with one attached hydrogen (secondary N) is 2. The third kappa shape index (κ3) is 6.99. The van der Waals surface area contributed by atoms with Gasteiger partial charge in [-0.25, -0.2) is 0 Å².